The average Bonchev–Trinajstić information content (AvgIpc) is 2.74. The summed E-state index contributed by atoms with van der Waals surface area (Å²) in [5.41, 5.74) is 0.450. The monoisotopic (exact) mass is 450 g/mol. The smallest absolute Gasteiger partial charge is 0.232 e. The van der Waals surface area contributed by atoms with Crippen molar-refractivity contribution in [3.05, 3.63) is 48.5 Å². The molecule has 1 N–H and O–H groups in total. The third kappa shape index (κ3) is 7.36. The summed E-state index contributed by atoms with van der Waals surface area (Å²) in [6.45, 7) is 2.28. The van der Waals surface area contributed by atoms with Gasteiger partial charge in [-0.2, -0.15) is 0 Å². The molecule has 0 aliphatic rings. The maximum Gasteiger partial charge on any atom is 0.232 e. The van der Waals surface area contributed by atoms with Crippen LogP contribution in [0.3, 0.4) is 0 Å². The van der Waals surface area contributed by atoms with Crippen molar-refractivity contribution < 1.29 is 27.4 Å². The van der Waals surface area contributed by atoms with Gasteiger partial charge in [-0.1, -0.05) is 24.3 Å². The predicted octanol–water partition coefficient (Wildman–Crippen LogP) is 2.83. The number of nitrogens with zero attached hydrogens (tertiary/aromatic N) is 1. The fourth-order valence-electron chi connectivity index (χ4n) is 3.03. The lowest BCUT2D eigenvalue weighted by atomic mass is 10.2. The van der Waals surface area contributed by atoms with E-state index in [1.807, 2.05) is 19.1 Å². The zero-order chi connectivity index (χ0) is 22.9. The van der Waals surface area contributed by atoms with Gasteiger partial charge in [0, 0.05) is 13.0 Å². The zero-order valence-electron chi connectivity index (χ0n) is 18.3. The van der Waals surface area contributed by atoms with Crippen LogP contribution in [0, 0.1) is 0 Å². The van der Waals surface area contributed by atoms with Crippen LogP contribution in [0.2, 0.25) is 0 Å². The first-order valence-corrected chi connectivity index (χ1v) is 11.8. The van der Waals surface area contributed by atoms with Crippen molar-refractivity contribution in [1.29, 1.82) is 0 Å². The molecule has 8 nitrogen and oxygen atoms in total. The maximum atomic E-state index is 12.3. The quantitative estimate of drug-likeness (QED) is 0.534. The summed E-state index contributed by atoms with van der Waals surface area (Å²) in [5.74, 6) is 1.51. The largest absolute Gasteiger partial charge is 0.495 e. The van der Waals surface area contributed by atoms with E-state index in [2.05, 4.69) is 5.32 Å². The van der Waals surface area contributed by atoms with Gasteiger partial charge < -0.3 is 19.5 Å². The maximum absolute atomic E-state index is 12.3. The van der Waals surface area contributed by atoms with E-state index in [9.17, 15) is 13.2 Å². The fourth-order valence-corrected chi connectivity index (χ4v) is 3.99. The molecule has 0 aromatic heterocycles. The Bertz CT molecular complexity index is 964. The normalized spacial score (nSPS) is 12.0. The standard InChI is InChI=1S/C22H30N2O6S/c1-17(16-30-21-13-8-7-12-20(21)29-3)23-22(25)14-9-15-24(31(4,26)27)18-10-5-6-11-19(18)28-2/h5-8,10-13,17H,9,14-16H2,1-4H3,(H,23,25)/t17-/m0/s1. The number of hydrogen-bond acceptors (Lipinski definition) is 6. The van der Waals surface area contributed by atoms with E-state index in [1.54, 1.807) is 43.5 Å². The molecule has 0 spiro atoms. The second kappa shape index (κ2) is 11.5. The number of sulfonamides is 1. The molecule has 170 valence electrons. The molecular weight excluding hydrogens is 420 g/mol. The zero-order valence-corrected chi connectivity index (χ0v) is 19.1. The first-order valence-electron chi connectivity index (χ1n) is 9.92. The molecule has 2 aromatic rings. The van der Waals surface area contributed by atoms with Gasteiger partial charge in [-0.3, -0.25) is 9.10 Å². The summed E-state index contributed by atoms with van der Waals surface area (Å²) < 4.78 is 42.0. The Labute approximate surface area is 184 Å². The van der Waals surface area contributed by atoms with Crippen LogP contribution in [0.4, 0.5) is 5.69 Å². The Hall–Kier alpha value is -2.94. The number of nitrogens with one attached hydrogen (secondary N) is 1. The molecule has 0 saturated heterocycles. The molecule has 0 heterocycles. The van der Waals surface area contributed by atoms with Gasteiger partial charge in [-0.05, 0) is 37.6 Å². The number of anilines is 1. The van der Waals surface area contributed by atoms with Crippen LogP contribution in [0.1, 0.15) is 19.8 Å². The van der Waals surface area contributed by atoms with Crippen molar-refractivity contribution >= 4 is 21.6 Å². The van der Waals surface area contributed by atoms with E-state index in [1.165, 1.54) is 11.4 Å². The molecule has 1 amide bonds. The van der Waals surface area contributed by atoms with Gasteiger partial charge in [-0.15, -0.1) is 0 Å². The van der Waals surface area contributed by atoms with E-state index in [0.717, 1.165) is 6.26 Å². The third-order valence-corrected chi connectivity index (χ3v) is 5.66. The van der Waals surface area contributed by atoms with E-state index in [-0.39, 0.29) is 31.5 Å². The Balaban J connectivity index is 1.86. The van der Waals surface area contributed by atoms with Crippen molar-refractivity contribution in [1.82, 2.24) is 5.32 Å². The first-order chi connectivity index (χ1) is 14.8. The summed E-state index contributed by atoms with van der Waals surface area (Å²) in [4.78, 5) is 12.3. The topological polar surface area (TPSA) is 94.2 Å². The number of para-hydroxylation sites is 4. The average molecular weight is 451 g/mol. The van der Waals surface area contributed by atoms with Gasteiger partial charge in [0.15, 0.2) is 11.5 Å². The number of amides is 1. The van der Waals surface area contributed by atoms with Crippen LogP contribution >= 0.6 is 0 Å². The first kappa shape index (κ1) is 24.3. The number of methoxy groups -OCH3 is 2. The Morgan fingerprint density at radius 3 is 2.19 bits per heavy atom. The van der Waals surface area contributed by atoms with Gasteiger partial charge in [0.1, 0.15) is 12.4 Å². The van der Waals surface area contributed by atoms with E-state index in [0.29, 0.717) is 29.4 Å². The minimum absolute atomic E-state index is 0.165. The fraction of sp³-hybridized carbons (Fsp3) is 0.409. The Morgan fingerprint density at radius 2 is 1.58 bits per heavy atom. The summed E-state index contributed by atoms with van der Waals surface area (Å²) in [6, 6.07) is 14.0. The predicted molar refractivity (Wildman–Crippen MR) is 121 cm³/mol. The number of carbonyl (C=O) groups is 1. The van der Waals surface area contributed by atoms with Crippen LogP contribution in [0.15, 0.2) is 48.5 Å². The van der Waals surface area contributed by atoms with E-state index in [4.69, 9.17) is 14.2 Å². The van der Waals surface area contributed by atoms with Crippen LogP contribution in [-0.2, 0) is 14.8 Å². The van der Waals surface area contributed by atoms with Gasteiger partial charge in [0.2, 0.25) is 15.9 Å². The highest BCUT2D eigenvalue weighted by Gasteiger charge is 2.21. The number of hydrogen-bond donors (Lipinski definition) is 1. The van der Waals surface area contributed by atoms with Crippen molar-refractivity contribution in [2.45, 2.75) is 25.8 Å². The number of rotatable bonds is 12. The van der Waals surface area contributed by atoms with E-state index < -0.39 is 10.0 Å². The minimum atomic E-state index is -3.53. The van der Waals surface area contributed by atoms with Crippen molar-refractivity contribution in [2.24, 2.45) is 0 Å². The van der Waals surface area contributed by atoms with Crippen LogP contribution in [-0.4, -0.2) is 54.0 Å². The van der Waals surface area contributed by atoms with Crippen molar-refractivity contribution in [3.8, 4) is 17.2 Å². The molecule has 0 radical (unpaired) electrons. The molecule has 0 fully saturated rings. The number of benzene rings is 2. The second-order valence-corrected chi connectivity index (χ2v) is 8.95. The lowest BCUT2D eigenvalue weighted by Gasteiger charge is -2.24. The highest BCUT2D eigenvalue weighted by molar-refractivity contribution is 7.92. The molecule has 0 aliphatic heterocycles. The Kier molecular flexibility index (Phi) is 8.99. The van der Waals surface area contributed by atoms with Gasteiger partial charge in [-0.25, -0.2) is 8.42 Å². The SMILES string of the molecule is COc1ccccc1OC[C@H](C)NC(=O)CCCN(c1ccccc1OC)S(C)(=O)=O. The molecule has 0 unspecified atom stereocenters. The summed E-state index contributed by atoms with van der Waals surface area (Å²) in [6.07, 6.45) is 1.67. The third-order valence-electron chi connectivity index (χ3n) is 4.48. The summed E-state index contributed by atoms with van der Waals surface area (Å²) >= 11 is 0. The molecule has 0 bridgehead atoms. The summed E-state index contributed by atoms with van der Waals surface area (Å²) in [5, 5.41) is 2.87. The number of ether oxygens (including phenoxy) is 3. The van der Waals surface area contributed by atoms with Crippen LogP contribution in [0.5, 0.6) is 17.2 Å². The molecular formula is C22H30N2O6S. The molecule has 9 heteroatoms. The van der Waals surface area contributed by atoms with Crippen molar-refractivity contribution in [2.75, 3.05) is 37.9 Å². The van der Waals surface area contributed by atoms with Crippen LogP contribution in [0.25, 0.3) is 0 Å². The minimum Gasteiger partial charge on any atom is -0.495 e. The van der Waals surface area contributed by atoms with E-state index >= 15 is 0 Å². The number of carbonyl (C=O) groups excluding carboxylic acids is 1. The molecule has 2 rings (SSSR count). The highest BCUT2D eigenvalue weighted by Crippen LogP contribution is 2.29. The second-order valence-electron chi connectivity index (χ2n) is 7.04. The lowest BCUT2D eigenvalue weighted by Crippen LogP contribution is -2.37. The molecule has 0 saturated carbocycles. The van der Waals surface area contributed by atoms with Gasteiger partial charge >= 0.3 is 0 Å². The highest BCUT2D eigenvalue weighted by atomic mass is 32.2. The summed E-state index contributed by atoms with van der Waals surface area (Å²) in [7, 11) is -0.473. The Morgan fingerprint density at radius 1 is 1.00 bits per heavy atom. The molecule has 31 heavy (non-hydrogen) atoms. The lowest BCUT2D eigenvalue weighted by molar-refractivity contribution is -0.121. The van der Waals surface area contributed by atoms with Crippen LogP contribution < -0.4 is 23.8 Å². The van der Waals surface area contributed by atoms with Crippen molar-refractivity contribution in [3.63, 3.8) is 0 Å². The molecule has 0 aliphatic carbocycles. The molecule has 2 aromatic carbocycles. The van der Waals surface area contributed by atoms with Gasteiger partial charge in [0.25, 0.3) is 0 Å². The molecule has 1 atom stereocenters. The van der Waals surface area contributed by atoms with Gasteiger partial charge in [0.05, 0.1) is 32.2 Å².